The van der Waals surface area contributed by atoms with Gasteiger partial charge in [-0.2, -0.15) is 4.39 Å². The van der Waals surface area contributed by atoms with Gasteiger partial charge < -0.3 is 5.11 Å². The van der Waals surface area contributed by atoms with Crippen LogP contribution in [-0.4, -0.2) is 10.1 Å². The van der Waals surface area contributed by atoms with Gasteiger partial charge >= 0.3 is 0 Å². The van der Waals surface area contributed by atoms with Crippen LogP contribution in [0.4, 0.5) is 8.78 Å². The van der Waals surface area contributed by atoms with E-state index in [0.717, 1.165) is 6.07 Å². The van der Waals surface area contributed by atoms with Crippen LogP contribution in [-0.2, 0) is 6.61 Å². The Morgan fingerprint density at radius 2 is 1.94 bits per heavy atom. The third kappa shape index (κ3) is 2.23. The molecule has 0 saturated carbocycles. The summed E-state index contributed by atoms with van der Waals surface area (Å²) in [6.45, 7) is -0.276. The van der Waals surface area contributed by atoms with Gasteiger partial charge in [0.05, 0.1) is 12.3 Å². The molecular weight excluding hydrogens is 212 g/mol. The Balaban J connectivity index is 2.51. The molecule has 1 N–H and O–H groups in total. The molecule has 0 aliphatic rings. The standard InChI is InChI=1S/C12H9F2NO/c13-10-3-1-2-9(6-10)11-4-8(7-16)5-12(14)15-11/h1-6,16H,7H2. The van der Waals surface area contributed by atoms with Crippen molar-refractivity contribution in [1.82, 2.24) is 4.98 Å². The van der Waals surface area contributed by atoms with Crippen LogP contribution in [0.5, 0.6) is 0 Å². The van der Waals surface area contributed by atoms with Gasteiger partial charge in [-0.3, -0.25) is 0 Å². The summed E-state index contributed by atoms with van der Waals surface area (Å²) in [6, 6.07) is 8.39. The molecule has 0 aliphatic carbocycles. The first-order valence-electron chi connectivity index (χ1n) is 4.72. The number of aliphatic hydroxyl groups excluding tert-OH is 1. The van der Waals surface area contributed by atoms with Crippen LogP contribution in [0.25, 0.3) is 11.3 Å². The number of nitrogens with zero attached hydrogens (tertiary/aromatic N) is 1. The second kappa shape index (κ2) is 4.37. The smallest absolute Gasteiger partial charge is 0.213 e. The van der Waals surface area contributed by atoms with Crippen molar-refractivity contribution in [3.63, 3.8) is 0 Å². The van der Waals surface area contributed by atoms with Crippen molar-refractivity contribution in [2.75, 3.05) is 0 Å². The van der Waals surface area contributed by atoms with Gasteiger partial charge in [-0.1, -0.05) is 12.1 Å². The van der Waals surface area contributed by atoms with Crippen LogP contribution in [0.3, 0.4) is 0 Å². The average Bonchev–Trinajstić information content (AvgIpc) is 2.28. The van der Waals surface area contributed by atoms with Crippen molar-refractivity contribution >= 4 is 0 Å². The molecule has 82 valence electrons. The zero-order chi connectivity index (χ0) is 11.5. The van der Waals surface area contributed by atoms with Gasteiger partial charge in [0.25, 0.3) is 0 Å². The quantitative estimate of drug-likeness (QED) is 0.790. The minimum atomic E-state index is -0.689. The second-order valence-electron chi connectivity index (χ2n) is 3.35. The molecule has 0 radical (unpaired) electrons. The fraction of sp³-hybridized carbons (Fsp3) is 0.0833. The van der Waals surface area contributed by atoms with Gasteiger partial charge in [-0.15, -0.1) is 0 Å². The molecule has 0 spiro atoms. The maximum Gasteiger partial charge on any atom is 0.213 e. The fourth-order valence-electron chi connectivity index (χ4n) is 1.44. The number of pyridine rings is 1. The van der Waals surface area contributed by atoms with E-state index in [4.69, 9.17) is 5.11 Å². The first-order valence-corrected chi connectivity index (χ1v) is 4.72. The lowest BCUT2D eigenvalue weighted by Gasteiger charge is -2.03. The molecule has 0 atom stereocenters. The summed E-state index contributed by atoms with van der Waals surface area (Å²) in [5.41, 5.74) is 1.20. The van der Waals surface area contributed by atoms with E-state index < -0.39 is 11.8 Å². The summed E-state index contributed by atoms with van der Waals surface area (Å²) in [5.74, 6) is -1.10. The van der Waals surface area contributed by atoms with Crippen molar-refractivity contribution in [1.29, 1.82) is 0 Å². The van der Waals surface area contributed by atoms with Crippen molar-refractivity contribution < 1.29 is 13.9 Å². The Hall–Kier alpha value is -1.81. The Morgan fingerprint density at radius 3 is 2.62 bits per heavy atom. The van der Waals surface area contributed by atoms with E-state index in [1.165, 1.54) is 24.3 Å². The lowest BCUT2D eigenvalue weighted by atomic mass is 10.1. The van der Waals surface area contributed by atoms with E-state index in [0.29, 0.717) is 16.8 Å². The van der Waals surface area contributed by atoms with Crippen LogP contribution in [0.1, 0.15) is 5.56 Å². The molecule has 0 fully saturated rings. The van der Waals surface area contributed by atoms with E-state index in [1.54, 1.807) is 6.07 Å². The molecule has 0 amide bonds. The minimum Gasteiger partial charge on any atom is -0.392 e. The average molecular weight is 221 g/mol. The van der Waals surface area contributed by atoms with E-state index in [9.17, 15) is 8.78 Å². The van der Waals surface area contributed by atoms with Crippen LogP contribution < -0.4 is 0 Å². The van der Waals surface area contributed by atoms with Gasteiger partial charge in [0.1, 0.15) is 5.82 Å². The van der Waals surface area contributed by atoms with Crippen molar-refractivity contribution in [3.05, 3.63) is 53.7 Å². The highest BCUT2D eigenvalue weighted by Crippen LogP contribution is 2.19. The maximum absolute atomic E-state index is 13.1. The molecule has 2 nitrogen and oxygen atoms in total. The molecule has 2 aromatic rings. The van der Waals surface area contributed by atoms with E-state index in [1.807, 2.05) is 0 Å². The number of benzene rings is 1. The summed E-state index contributed by atoms with van der Waals surface area (Å²) in [5, 5.41) is 8.92. The number of halogens is 2. The summed E-state index contributed by atoms with van der Waals surface area (Å²) in [6.07, 6.45) is 0. The van der Waals surface area contributed by atoms with Crippen molar-refractivity contribution in [2.24, 2.45) is 0 Å². The van der Waals surface area contributed by atoms with Crippen LogP contribution in [0.2, 0.25) is 0 Å². The Morgan fingerprint density at radius 1 is 1.12 bits per heavy atom. The summed E-state index contributed by atoms with van der Waals surface area (Å²) in [7, 11) is 0. The number of hydrogen-bond acceptors (Lipinski definition) is 2. The van der Waals surface area contributed by atoms with Gasteiger partial charge in [-0.25, -0.2) is 9.37 Å². The monoisotopic (exact) mass is 221 g/mol. The highest BCUT2D eigenvalue weighted by Gasteiger charge is 2.05. The lowest BCUT2D eigenvalue weighted by Crippen LogP contribution is -1.93. The molecule has 16 heavy (non-hydrogen) atoms. The zero-order valence-electron chi connectivity index (χ0n) is 8.32. The summed E-state index contributed by atoms with van der Waals surface area (Å²) >= 11 is 0. The minimum absolute atomic E-state index is 0.276. The van der Waals surface area contributed by atoms with Crippen LogP contribution in [0.15, 0.2) is 36.4 Å². The Labute approximate surface area is 91.2 Å². The highest BCUT2D eigenvalue weighted by molar-refractivity contribution is 5.59. The molecule has 0 aliphatic heterocycles. The third-order valence-corrected chi connectivity index (χ3v) is 2.16. The molecular formula is C12H9F2NO. The third-order valence-electron chi connectivity index (χ3n) is 2.16. The molecule has 0 bridgehead atoms. The lowest BCUT2D eigenvalue weighted by molar-refractivity contribution is 0.281. The second-order valence-corrected chi connectivity index (χ2v) is 3.35. The predicted molar refractivity (Wildman–Crippen MR) is 55.5 cm³/mol. The zero-order valence-corrected chi connectivity index (χ0v) is 8.32. The molecule has 1 aromatic carbocycles. The van der Waals surface area contributed by atoms with E-state index in [2.05, 4.69) is 4.98 Å². The van der Waals surface area contributed by atoms with Gasteiger partial charge in [0.2, 0.25) is 5.95 Å². The number of hydrogen-bond donors (Lipinski definition) is 1. The van der Waals surface area contributed by atoms with Gasteiger partial charge in [-0.05, 0) is 29.8 Å². The normalized spacial score (nSPS) is 10.4. The Bertz CT molecular complexity index is 514. The number of aliphatic hydroxyl groups is 1. The molecule has 0 saturated heterocycles. The van der Waals surface area contributed by atoms with Crippen molar-refractivity contribution in [3.8, 4) is 11.3 Å². The first kappa shape index (κ1) is 10.7. The van der Waals surface area contributed by atoms with Crippen molar-refractivity contribution in [2.45, 2.75) is 6.61 Å². The SMILES string of the molecule is OCc1cc(F)nc(-c2cccc(F)c2)c1. The first-order chi connectivity index (χ1) is 7.69. The Kier molecular flexibility index (Phi) is 2.92. The molecule has 4 heteroatoms. The molecule has 2 rings (SSSR count). The maximum atomic E-state index is 13.1. The number of aromatic nitrogens is 1. The van der Waals surface area contributed by atoms with E-state index in [-0.39, 0.29) is 6.61 Å². The highest BCUT2D eigenvalue weighted by atomic mass is 19.1. The van der Waals surface area contributed by atoms with Crippen LogP contribution in [0, 0.1) is 11.8 Å². The summed E-state index contributed by atoms with van der Waals surface area (Å²) < 4.78 is 26.0. The molecule has 1 aromatic heterocycles. The molecule has 1 heterocycles. The number of rotatable bonds is 2. The van der Waals surface area contributed by atoms with Gasteiger partial charge in [0.15, 0.2) is 0 Å². The fourth-order valence-corrected chi connectivity index (χ4v) is 1.44. The predicted octanol–water partition coefficient (Wildman–Crippen LogP) is 2.52. The largest absolute Gasteiger partial charge is 0.392 e. The van der Waals surface area contributed by atoms with E-state index >= 15 is 0 Å². The molecule has 0 unspecified atom stereocenters. The topological polar surface area (TPSA) is 33.1 Å². The summed E-state index contributed by atoms with van der Waals surface area (Å²) in [4.78, 5) is 3.65. The van der Waals surface area contributed by atoms with Crippen LogP contribution >= 0.6 is 0 Å². The van der Waals surface area contributed by atoms with Gasteiger partial charge in [0, 0.05) is 5.56 Å².